The molecule has 0 atom stereocenters. The summed E-state index contributed by atoms with van der Waals surface area (Å²) in [4.78, 5) is 28.0. The Kier molecular flexibility index (Phi) is 10.4. The molecule has 2 amide bonds. The number of ether oxygens (including phenoxy) is 2. The van der Waals surface area contributed by atoms with Crippen LogP contribution in [0.1, 0.15) is 88.3 Å². The largest absolute Gasteiger partial charge is 0.495 e. The van der Waals surface area contributed by atoms with Crippen LogP contribution in [0.15, 0.2) is 54.9 Å². The highest BCUT2D eigenvalue weighted by Crippen LogP contribution is 2.39. The Morgan fingerprint density at radius 2 is 1.80 bits per heavy atom. The molecule has 1 aromatic heterocycles. The van der Waals surface area contributed by atoms with Gasteiger partial charge in [-0.15, -0.1) is 0 Å². The first kappa shape index (κ1) is 32.1. The van der Waals surface area contributed by atoms with Gasteiger partial charge in [0.1, 0.15) is 17.9 Å². The first-order valence-corrected chi connectivity index (χ1v) is 16.2. The van der Waals surface area contributed by atoms with E-state index in [1.807, 2.05) is 40.0 Å². The molecule has 1 N–H and O–H groups in total. The maximum absolute atomic E-state index is 14.3. The summed E-state index contributed by atoms with van der Waals surface area (Å²) >= 11 is 0. The molecule has 0 bridgehead atoms. The van der Waals surface area contributed by atoms with E-state index in [0.29, 0.717) is 55.4 Å². The summed E-state index contributed by atoms with van der Waals surface area (Å²) in [6.07, 6.45) is 10.2. The lowest BCUT2D eigenvalue weighted by molar-refractivity contribution is -0.124. The lowest BCUT2D eigenvalue weighted by atomic mass is 9.78. The predicted octanol–water partition coefficient (Wildman–Crippen LogP) is 7.23. The van der Waals surface area contributed by atoms with Crippen LogP contribution in [-0.2, 0) is 9.53 Å². The number of hydrogen-bond acceptors (Lipinski definition) is 6. The molecule has 9 nitrogen and oxygen atoms in total. The normalized spacial score (nSPS) is 21.5. The van der Waals surface area contributed by atoms with E-state index in [1.165, 1.54) is 5.56 Å². The van der Waals surface area contributed by atoms with E-state index >= 15 is 0 Å². The number of carbonyl (C=O) groups is 2. The summed E-state index contributed by atoms with van der Waals surface area (Å²) < 4.78 is 12.8. The third-order valence-electron chi connectivity index (χ3n) is 9.49. The maximum atomic E-state index is 14.3. The number of amides is 2. The number of benzene rings is 2. The van der Waals surface area contributed by atoms with Crippen molar-refractivity contribution >= 4 is 17.7 Å². The molecule has 5 rings (SSSR count). The number of nitrogens with one attached hydrogen (secondary N) is 1. The van der Waals surface area contributed by atoms with Crippen molar-refractivity contribution in [2.75, 3.05) is 25.6 Å². The molecule has 2 fully saturated rings. The minimum Gasteiger partial charge on any atom is -0.495 e. The van der Waals surface area contributed by atoms with Gasteiger partial charge in [-0.25, -0.2) is 4.79 Å². The molecule has 0 radical (unpaired) electrons. The van der Waals surface area contributed by atoms with E-state index in [4.69, 9.17) is 9.47 Å². The molecule has 2 aromatic carbocycles. The van der Waals surface area contributed by atoms with Crippen molar-refractivity contribution < 1.29 is 19.1 Å². The lowest BCUT2D eigenvalue weighted by Gasteiger charge is -2.36. The van der Waals surface area contributed by atoms with E-state index in [-0.39, 0.29) is 24.0 Å². The van der Waals surface area contributed by atoms with Crippen molar-refractivity contribution in [3.63, 3.8) is 0 Å². The number of alkyl carbamates (subject to hydrolysis) is 1. The lowest BCUT2D eigenvalue weighted by Crippen LogP contribution is -2.42. The molecule has 3 aromatic rings. The van der Waals surface area contributed by atoms with E-state index in [1.54, 1.807) is 14.2 Å². The van der Waals surface area contributed by atoms with Crippen molar-refractivity contribution in [2.24, 2.45) is 11.8 Å². The summed E-state index contributed by atoms with van der Waals surface area (Å²) in [6, 6.07) is 16.7. The molecule has 2 aliphatic carbocycles. The van der Waals surface area contributed by atoms with Crippen molar-refractivity contribution in [1.82, 2.24) is 15.1 Å². The van der Waals surface area contributed by atoms with Gasteiger partial charge in [-0.05, 0) is 112 Å². The number of anilines is 1. The van der Waals surface area contributed by atoms with Gasteiger partial charge in [-0.2, -0.15) is 10.4 Å². The Morgan fingerprint density at radius 3 is 2.44 bits per heavy atom. The van der Waals surface area contributed by atoms with Crippen LogP contribution in [0.25, 0.3) is 11.1 Å². The summed E-state index contributed by atoms with van der Waals surface area (Å²) in [5.74, 6) is 1.41. The highest BCUT2D eigenvalue weighted by Gasteiger charge is 2.34. The first-order valence-electron chi connectivity index (χ1n) is 16.2. The average Bonchev–Trinajstić information content (AvgIpc) is 3.58. The standard InChI is InChI=1S/C36H45N5O4/c1-24(2)41-23-31(21-39-41)28-6-5-7-32(19-28)40(35(42)27-12-15-33(16-13-27)45-36(43)38-3)22-25-8-10-26(11-9-25)29-14-17-34(44-4)30(18-29)20-37/h5-7,14,17-19,21,23-27,33H,8-13,15-16,22H2,1-4H3,(H,38,43). The minimum atomic E-state index is -0.418. The van der Waals surface area contributed by atoms with Gasteiger partial charge >= 0.3 is 6.09 Å². The van der Waals surface area contributed by atoms with Gasteiger partial charge < -0.3 is 19.7 Å². The zero-order valence-electron chi connectivity index (χ0n) is 26.9. The molecule has 1 heterocycles. The molecular weight excluding hydrogens is 566 g/mol. The molecule has 45 heavy (non-hydrogen) atoms. The first-order chi connectivity index (χ1) is 21.8. The van der Waals surface area contributed by atoms with Crippen LogP contribution in [0.5, 0.6) is 5.75 Å². The molecule has 2 aliphatic rings. The van der Waals surface area contributed by atoms with Crippen molar-refractivity contribution in [3.8, 4) is 22.9 Å². The van der Waals surface area contributed by atoms with E-state index in [2.05, 4.69) is 54.7 Å². The Bertz CT molecular complexity index is 1510. The number of hydrogen-bond donors (Lipinski definition) is 1. The van der Waals surface area contributed by atoms with Gasteiger partial charge in [0.2, 0.25) is 5.91 Å². The quantitative estimate of drug-likeness (QED) is 0.273. The molecule has 2 saturated carbocycles. The van der Waals surface area contributed by atoms with Crippen LogP contribution in [0.4, 0.5) is 10.5 Å². The zero-order valence-corrected chi connectivity index (χ0v) is 26.9. The highest BCUT2D eigenvalue weighted by atomic mass is 16.6. The fourth-order valence-corrected chi connectivity index (χ4v) is 6.81. The third-order valence-corrected chi connectivity index (χ3v) is 9.49. The third kappa shape index (κ3) is 7.67. The van der Waals surface area contributed by atoms with Crippen LogP contribution < -0.4 is 15.0 Å². The Labute approximate surface area is 266 Å². The van der Waals surface area contributed by atoms with E-state index < -0.39 is 6.09 Å². The molecule has 238 valence electrons. The minimum absolute atomic E-state index is 0.109. The monoisotopic (exact) mass is 611 g/mol. The topological polar surface area (TPSA) is 109 Å². The Balaban J connectivity index is 1.32. The van der Waals surface area contributed by atoms with Gasteiger partial charge in [-0.1, -0.05) is 18.2 Å². The fraction of sp³-hybridized carbons (Fsp3) is 0.500. The second-order valence-corrected chi connectivity index (χ2v) is 12.7. The van der Waals surface area contributed by atoms with Crippen molar-refractivity contribution in [2.45, 2.75) is 83.3 Å². The second kappa shape index (κ2) is 14.6. The number of nitrogens with zero attached hydrogens (tertiary/aromatic N) is 4. The maximum Gasteiger partial charge on any atom is 0.407 e. The van der Waals surface area contributed by atoms with Crippen LogP contribution in [0.2, 0.25) is 0 Å². The Morgan fingerprint density at radius 1 is 1.04 bits per heavy atom. The summed E-state index contributed by atoms with van der Waals surface area (Å²) in [6.45, 7) is 4.88. The molecule has 9 heteroatoms. The number of methoxy groups -OCH3 is 1. The number of rotatable bonds is 9. The summed E-state index contributed by atoms with van der Waals surface area (Å²) in [5, 5.41) is 16.6. The fourth-order valence-electron chi connectivity index (χ4n) is 6.81. The van der Waals surface area contributed by atoms with Crippen LogP contribution in [0, 0.1) is 23.2 Å². The van der Waals surface area contributed by atoms with Crippen molar-refractivity contribution in [1.29, 1.82) is 5.26 Å². The summed E-state index contributed by atoms with van der Waals surface area (Å²) in [7, 11) is 3.15. The smallest absolute Gasteiger partial charge is 0.407 e. The predicted molar refractivity (Wildman–Crippen MR) is 174 cm³/mol. The van der Waals surface area contributed by atoms with E-state index in [9.17, 15) is 14.9 Å². The molecule has 0 spiro atoms. The van der Waals surface area contributed by atoms with Gasteiger partial charge in [0.15, 0.2) is 0 Å². The van der Waals surface area contributed by atoms with Crippen LogP contribution in [0.3, 0.4) is 0 Å². The van der Waals surface area contributed by atoms with Crippen LogP contribution >= 0.6 is 0 Å². The second-order valence-electron chi connectivity index (χ2n) is 12.7. The number of nitriles is 1. The SMILES string of the molecule is CNC(=O)OC1CCC(C(=O)N(CC2CCC(c3ccc(OC)c(C#N)c3)CC2)c2cccc(-c3cnn(C(C)C)c3)c2)CC1. The van der Waals surface area contributed by atoms with Gasteiger partial charge in [0.25, 0.3) is 0 Å². The molecule has 0 aliphatic heterocycles. The molecular formula is C36H45N5O4. The highest BCUT2D eigenvalue weighted by molar-refractivity contribution is 5.95. The number of aromatic nitrogens is 2. The molecule has 0 unspecified atom stereocenters. The average molecular weight is 612 g/mol. The van der Waals surface area contributed by atoms with Gasteiger partial charge in [0, 0.05) is 43.0 Å². The zero-order chi connectivity index (χ0) is 31.9. The summed E-state index contributed by atoms with van der Waals surface area (Å²) in [5.41, 5.74) is 4.74. The Hall–Kier alpha value is -4.32. The van der Waals surface area contributed by atoms with E-state index in [0.717, 1.165) is 42.5 Å². The van der Waals surface area contributed by atoms with Crippen molar-refractivity contribution in [3.05, 3.63) is 66.0 Å². The number of carbonyl (C=O) groups excluding carboxylic acids is 2. The van der Waals surface area contributed by atoms with Gasteiger partial charge in [-0.3, -0.25) is 9.48 Å². The molecule has 0 saturated heterocycles. The van der Waals surface area contributed by atoms with Gasteiger partial charge in [0.05, 0.1) is 18.9 Å². The van der Waals surface area contributed by atoms with Crippen LogP contribution in [-0.4, -0.2) is 48.6 Å².